The molecule has 0 radical (unpaired) electrons. The zero-order valence-electron chi connectivity index (χ0n) is 14.5. The Bertz CT molecular complexity index is 526. The molecule has 0 spiro atoms. The van der Waals surface area contributed by atoms with Crippen LogP contribution < -0.4 is 0 Å². The second kappa shape index (κ2) is 6.54. The summed E-state index contributed by atoms with van der Waals surface area (Å²) >= 11 is 0. The lowest BCUT2D eigenvalue weighted by Gasteiger charge is -2.32. The van der Waals surface area contributed by atoms with Crippen molar-refractivity contribution in [3.8, 4) is 0 Å². The first-order chi connectivity index (χ1) is 10.3. The maximum Gasteiger partial charge on any atom is 0.139 e. The molecule has 2 aliphatic carbocycles. The van der Waals surface area contributed by atoms with Crippen molar-refractivity contribution in [1.82, 2.24) is 0 Å². The summed E-state index contributed by atoms with van der Waals surface area (Å²) in [6.07, 6.45) is 7.97. The number of rotatable bonds is 1. The first-order valence-corrected chi connectivity index (χ1v) is 8.44. The summed E-state index contributed by atoms with van der Waals surface area (Å²) in [5.41, 5.74) is 3.14. The van der Waals surface area contributed by atoms with E-state index in [4.69, 9.17) is 0 Å². The predicted octanol–water partition coefficient (Wildman–Crippen LogP) is 4.60. The van der Waals surface area contributed by atoms with Gasteiger partial charge >= 0.3 is 0 Å². The zero-order chi connectivity index (χ0) is 16.5. The topological polar surface area (TPSA) is 37.3 Å². The van der Waals surface area contributed by atoms with Crippen molar-refractivity contribution >= 4 is 5.78 Å². The van der Waals surface area contributed by atoms with Crippen molar-refractivity contribution in [3.05, 3.63) is 35.5 Å². The third-order valence-corrected chi connectivity index (χ3v) is 5.89. The summed E-state index contributed by atoms with van der Waals surface area (Å²) < 4.78 is 0. The van der Waals surface area contributed by atoms with Crippen molar-refractivity contribution in [3.63, 3.8) is 0 Å². The molecule has 2 rings (SSSR count). The maximum atomic E-state index is 12.7. The Morgan fingerprint density at radius 2 is 2.05 bits per heavy atom. The Kier molecular flexibility index (Phi) is 5.11. The van der Waals surface area contributed by atoms with E-state index < -0.39 is 0 Å². The highest BCUT2D eigenvalue weighted by molar-refractivity contribution is 5.88. The van der Waals surface area contributed by atoms with E-state index in [0.29, 0.717) is 18.1 Å². The van der Waals surface area contributed by atoms with Crippen molar-refractivity contribution < 1.29 is 9.90 Å². The maximum absolute atomic E-state index is 12.7. The van der Waals surface area contributed by atoms with E-state index in [1.807, 2.05) is 13.8 Å². The van der Waals surface area contributed by atoms with Gasteiger partial charge in [0.15, 0.2) is 0 Å². The number of hydrogen-bond donors (Lipinski definition) is 1. The van der Waals surface area contributed by atoms with Crippen LogP contribution in [0.15, 0.2) is 35.5 Å². The molecule has 122 valence electrons. The Hall–Kier alpha value is -1.15. The van der Waals surface area contributed by atoms with Crippen LogP contribution in [0.2, 0.25) is 0 Å². The third kappa shape index (κ3) is 3.27. The molecule has 0 aromatic heterocycles. The minimum Gasteiger partial charge on any atom is -0.389 e. The smallest absolute Gasteiger partial charge is 0.139 e. The van der Waals surface area contributed by atoms with E-state index in [1.54, 1.807) is 0 Å². The number of carbonyl (C=O) groups is 1. The van der Waals surface area contributed by atoms with Crippen LogP contribution in [-0.2, 0) is 4.79 Å². The molecule has 4 atom stereocenters. The number of allylic oxidation sites excluding steroid dienone is 4. The predicted molar refractivity (Wildman–Crippen MR) is 91.5 cm³/mol. The van der Waals surface area contributed by atoms with Crippen molar-refractivity contribution in [1.29, 1.82) is 0 Å². The van der Waals surface area contributed by atoms with Gasteiger partial charge in [0.05, 0.1) is 6.10 Å². The second-order valence-corrected chi connectivity index (χ2v) is 7.60. The highest BCUT2D eigenvalue weighted by Crippen LogP contribution is 2.51. The molecular weight excluding hydrogens is 272 g/mol. The molecule has 0 aliphatic heterocycles. The molecular formula is C20H30O2. The van der Waals surface area contributed by atoms with E-state index >= 15 is 0 Å². The normalized spacial score (nSPS) is 41.7. The van der Waals surface area contributed by atoms with Gasteiger partial charge in [0, 0.05) is 11.8 Å². The lowest BCUT2D eigenvalue weighted by atomic mass is 9.71. The SMILES string of the molecule is C=C(C)[C@H]1CC(=O)[C@]2(C)C/C=C(\C)CC[C@@H](O)/C(C)=C/C[C@@H]12. The fraction of sp³-hybridized carbons (Fsp3) is 0.650. The monoisotopic (exact) mass is 302 g/mol. The number of fused-ring (bicyclic) bond motifs is 1. The van der Waals surface area contributed by atoms with E-state index in [1.165, 1.54) is 5.57 Å². The molecule has 0 saturated heterocycles. The lowest BCUT2D eigenvalue weighted by Crippen LogP contribution is -2.30. The highest BCUT2D eigenvalue weighted by atomic mass is 16.3. The number of Topliss-reactive ketones (excluding diaryl/α,β-unsaturated/α-hetero) is 1. The van der Waals surface area contributed by atoms with Gasteiger partial charge in [-0.25, -0.2) is 0 Å². The lowest BCUT2D eigenvalue weighted by molar-refractivity contribution is -0.126. The Balaban J connectivity index is 2.41. The molecule has 1 fully saturated rings. The fourth-order valence-electron chi connectivity index (χ4n) is 3.96. The van der Waals surface area contributed by atoms with E-state index in [2.05, 4.69) is 32.6 Å². The van der Waals surface area contributed by atoms with Crippen molar-refractivity contribution in [2.75, 3.05) is 0 Å². The molecule has 22 heavy (non-hydrogen) atoms. The number of hydrogen-bond acceptors (Lipinski definition) is 2. The number of ketones is 1. The molecule has 2 heteroatoms. The molecule has 0 unspecified atom stereocenters. The molecule has 2 aliphatic rings. The Morgan fingerprint density at radius 3 is 2.68 bits per heavy atom. The van der Waals surface area contributed by atoms with Crippen molar-refractivity contribution in [2.45, 2.75) is 65.9 Å². The van der Waals surface area contributed by atoms with Crippen LogP contribution in [-0.4, -0.2) is 17.0 Å². The summed E-state index contributed by atoms with van der Waals surface area (Å²) in [6, 6.07) is 0. The molecule has 0 bridgehead atoms. The quantitative estimate of drug-likeness (QED) is 0.719. The van der Waals surface area contributed by atoms with Crippen LogP contribution >= 0.6 is 0 Å². The minimum atomic E-state index is -0.368. The minimum absolute atomic E-state index is 0.271. The molecule has 0 heterocycles. The van der Waals surface area contributed by atoms with E-state index in [9.17, 15) is 9.90 Å². The first kappa shape index (κ1) is 17.2. The first-order valence-electron chi connectivity index (χ1n) is 8.44. The molecule has 1 saturated carbocycles. The van der Waals surface area contributed by atoms with Gasteiger partial charge in [0.25, 0.3) is 0 Å². The summed E-state index contributed by atoms with van der Waals surface area (Å²) in [6.45, 7) is 12.4. The largest absolute Gasteiger partial charge is 0.389 e. The van der Waals surface area contributed by atoms with Crippen LogP contribution in [0.25, 0.3) is 0 Å². The number of aliphatic hydroxyl groups is 1. The zero-order valence-corrected chi connectivity index (χ0v) is 14.5. The molecule has 0 aromatic rings. The number of aliphatic hydroxyl groups excluding tert-OH is 1. The third-order valence-electron chi connectivity index (χ3n) is 5.89. The van der Waals surface area contributed by atoms with Gasteiger partial charge < -0.3 is 5.11 Å². The average molecular weight is 302 g/mol. The fourth-order valence-corrected chi connectivity index (χ4v) is 3.96. The molecule has 0 amide bonds. The van der Waals surface area contributed by atoms with Crippen LogP contribution in [0.3, 0.4) is 0 Å². The molecule has 0 aromatic carbocycles. The Morgan fingerprint density at radius 1 is 1.36 bits per heavy atom. The summed E-state index contributed by atoms with van der Waals surface area (Å²) in [5.74, 6) is 0.940. The average Bonchev–Trinajstić information content (AvgIpc) is 2.71. The highest BCUT2D eigenvalue weighted by Gasteiger charge is 2.50. The standard InChI is InChI=1S/C20H30O2/c1-13(2)16-12-19(22)20(5)11-10-14(3)6-9-18(21)15(4)7-8-17(16)20/h7,10,16-18,21H,1,6,8-9,11-12H2,2-5H3/b14-10+,15-7+/t16-,17+,18-,20-/m1/s1. The summed E-state index contributed by atoms with van der Waals surface area (Å²) in [4.78, 5) is 12.7. The summed E-state index contributed by atoms with van der Waals surface area (Å²) in [7, 11) is 0. The van der Waals surface area contributed by atoms with Gasteiger partial charge in [-0.2, -0.15) is 0 Å². The van der Waals surface area contributed by atoms with Crippen LogP contribution in [0.5, 0.6) is 0 Å². The van der Waals surface area contributed by atoms with Crippen LogP contribution in [0.4, 0.5) is 0 Å². The van der Waals surface area contributed by atoms with Gasteiger partial charge in [-0.3, -0.25) is 4.79 Å². The van der Waals surface area contributed by atoms with Crippen LogP contribution in [0, 0.1) is 17.3 Å². The molecule has 2 nitrogen and oxygen atoms in total. The van der Waals surface area contributed by atoms with Gasteiger partial charge in [-0.1, -0.05) is 36.8 Å². The number of carbonyl (C=O) groups excluding carboxylic acids is 1. The van der Waals surface area contributed by atoms with Crippen molar-refractivity contribution in [2.24, 2.45) is 17.3 Å². The van der Waals surface area contributed by atoms with E-state index in [-0.39, 0.29) is 17.4 Å². The van der Waals surface area contributed by atoms with Gasteiger partial charge in [0.2, 0.25) is 0 Å². The van der Waals surface area contributed by atoms with Crippen LogP contribution in [0.1, 0.15) is 59.8 Å². The van der Waals surface area contributed by atoms with E-state index in [0.717, 1.165) is 36.8 Å². The molecule has 1 N–H and O–H groups in total. The van der Waals surface area contributed by atoms with Gasteiger partial charge in [-0.05, 0) is 63.9 Å². The van der Waals surface area contributed by atoms with Gasteiger partial charge in [-0.15, -0.1) is 0 Å². The second-order valence-electron chi connectivity index (χ2n) is 7.60. The van der Waals surface area contributed by atoms with Gasteiger partial charge in [0.1, 0.15) is 5.78 Å². The Labute approximate surface area is 135 Å². The summed E-state index contributed by atoms with van der Waals surface area (Å²) in [5, 5.41) is 10.3.